The number of nitrogens with zero attached hydrogens (tertiary/aromatic N) is 3. The van der Waals surface area contributed by atoms with Crippen molar-refractivity contribution in [1.82, 2.24) is 0 Å². The number of azide groups is 1. The molecule has 1 fully saturated rings. The smallest absolute Gasteiger partial charge is 0.233 e. The molecule has 0 saturated carbocycles. The van der Waals surface area contributed by atoms with Crippen LogP contribution in [0, 0.1) is 0 Å². The van der Waals surface area contributed by atoms with Crippen LogP contribution in [0.4, 0.5) is 0 Å². The third-order valence-electron chi connectivity index (χ3n) is 2.56. The van der Waals surface area contributed by atoms with E-state index in [9.17, 15) is 20.1 Å². The van der Waals surface area contributed by atoms with E-state index in [1.807, 2.05) is 0 Å². The summed E-state index contributed by atoms with van der Waals surface area (Å²) in [5.74, 6) is -1.09. The molecule has 1 saturated heterocycles. The Morgan fingerprint density at radius 2 is 2.24 bits per heavy atom. The molecule has 1 heterocycles. The van der Waals surface area contributed by atoms with Crippen molar-refractivity contribution < 1.29 is 31.3 Å². The molecule has 96 valence electrons. The van der Waals surface area contributed by atoms with Crippen LogP contribution in [0.1, 0.15) is 8.27 Å². The number of hydrogen-bond acceptors (Lipinski definition) is 7. The Hall–Kier alpha value is -1.22. The lowest BCUT2D eigenvalue weighted by Crippen LogP contribution is -2.66. The van der Waals surface area contributed by atoms with Crippen molar-refractivity contribution in [3.8, 4) is 0 Å². The van der Waals surface area contributed by atoms with Crippen LogP contribution in [0.2, 0.25) is 0 Å². The van der Waals surface area contributed by atoms with E-state index in [1.54, 1.807) is 0 Å². The number of rotatable bonds is 3. The van der Waals surface area contributed by atoms with Gasteiger partial charge >= 0.3 is 0 Å². The predicted molar refractivity (Wildman–Crippen MR) is 52.5 cm³/mol. The van der Waals surface area contributed by atoms with E-state index in [4.69, 9.17) is 16.7 Å². The van der Waals surface area contributed by atoms with Gasteiger partial charge in [0.1, 0.15) is 24.4 Å². The summed E-state index contributed by atoms with van der Waals surface area (Å²) >= 11 is 0. The number of carbonyl (C=O) groups is 1. The molecular weight excluding hydrogens is 234 g/mol. The molecule has 0 aromatic rings. The molecule has 0 aliphatic carbocycles. The van der Waals surface area contributed by atoms with E-state index in [2.05, 4.69) is 10.0 Å². The highest BCUT2D eigenvalue weighted by atomic mass is 16.6. The van der Waals surface area contributed by atoms with Gasteiger partial charge in [0.15, 0.2) is 5.78 Å². The lowest BCUT2D eigenvalue weighted by molar-refractivity contribution is -0.262. The van der Waals surface area contributed by atoms with E-state index in [0.717, 1.165) is 0 Å². The van der Waals surface area contributed by atoms with Gasteiger partial charge in [0.05, 0.1) is 6.61 Å². The number of aliphatic hydroxyl groups is 4. The number of Topliss-reactive ketones (excluding diaryl/α,β-unsaturated/α-hetero) is 1. The van der Waals surface area contributed by atoms with Gasteiger partial charge in [-0.05, 0) is 17.5 Å². The number of ketones is 1. The molecule has 1 unspecified atom stereocenters. The second-order valence-electron chi connectivity index (χ2n) is 3.57. The molecular formula is C8H13N3O6. The zero-order valence-electron chi connectivity index (χ0n) is 9.67. The third kappa shape index (κ3) is 2.12. The van der Waals surface area contributed by atoms with E-state index in [-0.39, 0.29) is 0 Å². The molecule has 0 radical (unpaired) electrons. The van der Waals surface area contributed by atoms with Gasteiger partial charge in [-0.1, -0.05) is 0 Å². The van der Waals surface area contributed by atoms with Crippen LogP contribution in [0.25, 0.3) is 10.4 Å². The summed E-state index contributed by atoms with van der Waals surface area (Å²) in [4.78, 5) is 13.9. The van der Waals surface area contributed by atoms with Crippen molar-refractivity contribution in [1.29, 1.82) is 0 Å². The van der Waals surface area contributed by atoms with Crippen molar-refractivity contribution in [3.63, 3.8) is 0 Å². The zero-order valence-corrected chi connectivity index (χ0v) is 8.67. The summed E-state index contributed by atoms with van der Waals surface area (Å²) in [5, 5.41) is 40.7. The van der Waals surface area contributed by atoms with Crippen LogP contribution in [0.5, 0.6) is 0 Å². The van der Waals surface area contributed by atoms with Gasteiger partial charge in [-0.15, -0.1) is 0 Å². The largest absolute Gasteiger partial charge is 0.394 e. The van der Waals surface area contributed by atoms with Crippen LogP contribution >= 0.6 is 0 Å². The number of ether oxygens (including phenoxy) is 1. The maximum absolute atomic E-state index is 11.6. The molecule has 9 heteroatoms. The number of hydrogen-bond donors (Lipinski definition) is 4. The minimum atomic E-state index is -2.51. The average molecular weight is 248 g/mol. The second kappa shape index (κ2) is 4.96. The molecule has 1 rings (SSSR count). The normalized spacial score (nSPS) is 42.5. The van der Waals surface area contributed by atoms with Crippen LogP contribution < -0.4 is 0 Å². The van der Waals surface area contributed by atoms with Crippen molar-refractivity contribution in [2.24, 2.45) is 5.11 Å². The Labute approximate surface area is 97.3 Å². The van der Waals surface area contributed by atoms with Gasteiger partial charge in [-0.2, -0.15) is 0 Å². The fourth-order valence-electron chi connectivity index (χ4n) is 1.59. The number of carbonyl (C=O) groups excluding carboxylic acids is 1. The minimum absolute atomic E-state index is 0.765. The van der Waals surface area contributed by atoms with Gasteiger partial charge < -0.3 is 25.2 Å². The molecule has 9 nitrogen and oxygen atoms in total. The molecule has 4 N–H and O–H groups in total. The Morgan fingerprint density at radius 1 is 1.59 bits per heavy atom. The molecule has 5 atom stereocenters. The first-order valence-corrected chi connectivity index (χ1v) is 4.66. The maximum atomic E-state index is 11.6. The van der Waals surface area contributed by atoms with Crippen LogP contribution in [-0.2, 0) is 9.53 Å². The fraction of sp³-hybridized carbons (Fsp3) is 0.875. The first-order valence-electron chi connectivity index (χ1n) is 5.37. The van der Waals surface area contributed by atoms with E-state index in [1.165, 1.54) is 0 Å². The van der Waals surface area contributed by atoms with Crippen LogP contribution in [0.15, 0.2) is 5.11 Å². The Bertz CT molecular complexity index is 374. The molecule has 17 heavy (non-hydrogen) atoms. The molecule has 0 aromatic carbocycles. The topological polar surface area (TPSA) is 156 Å². The lowest BCUT2D eigenvalue weighted by Gasteiger charge is -2.44. The van der Waals surface area contributed by atoms with Crippen LogP contribution in [-0.4, -0.2) is 63.0 Å². The van der Waals surface area contributed by atoms with Crippen molar-refractivity contribution in [2.75, 3.05) is 6.61 Å². The highest BCUT2D eigenvalue weighted by molar-refractivity contribution is 5.85. The first-order chi connectivity index (χ1) is 8.44. The standard InChI is InChI=1S/C8H13N3O6/c1-3(13)8(10-11-9)7(16)6(15)5(14)4(2-12)17-8/h4-7,12,14-16H,2H2,1H3/t4-,5+,6+,7-,8?/m1/s1/i1D. The summed E-state index contributed by atoms with van der Waals surface area (Å²) in [6, 6.07) is 0. The molecule has 1 aliphatic rings. The third-order valence-corrected chi connectivity index (χ3v) is 2.56. The zero-order chi connectivity index (χ0) is 13.9. The highest BCUT2D eigenvalue weighted by Gasteiger charge is 2.56. The van der Waals surface area contributed by atoms with E-state index < -0.39 is 49.4 Å². The SMILES string of the molecule is [2H]CC(=O)C1(N=[N+]=[N-])O[C@H](CO)[C@H](O)[C@H](O)[C@H]1O. The molecule has 0 bridgehead atoms. The second-order valence-corrected chi connectivity index (χ2v) is 3.57. The van der Waals surface area contributed by atoms with Crippen molar-refractivity contribution >= 4 is 5.78 Å². The summed E-state index contributed by atoms with van der Waals surface area (Å²) in [5.41, 5.74) is 5.89. The van der Waals surface area contributed by atoms with Gasteiger partial charge in [-0.3, -0.25) is 4.79 Å². The number of aliphatic hydroxyl groups excluding tert-OH is 4. The Morgan fingerprint density at radius 3 is 2.71 bits per heavy atom. The van der Waals surface area contributed by atoms with Crippen molar-refractivity contribution in [2.45, 2.75) is 37.0 Å². The van der Waals surface area contributed by atoms with Crippen LogP contribution in [0.3, 0.4) is 0 Å². The van der Waals surface area contributed by atoms with Crippen molar-refractivity contribution in [3.05, 3.63) is 10.4 Å². The molecule has 0 amide bonds. The quantitative estimate of drug-likeness (QED) is 0.258. The van der Waals surface area contributed by atoms with E-state index >= 15 is 0 Å². The lowest BCUT2D eigenvalue weighted by atomic mass is 9.89. The van der Waals surface area contributed by atoms with Gasteiger partial charge in [0.25, 0.3) is 0 Å². The summed E-state index contributed by atoms with van der Waals surface area (Å²) in [7, 11) is 0. The van der Waals surface area contributed by atoms with Gasteiger partial charge in [-0.25, -0.2) is 0 Å². The summed E-state index contributed by atoms with van der Waals surface area (Å²) < 4.78 is 11.9. The maximum Gasteiger partial charge on any atom is 0.233 e. The predicted octanol–water partition coefficient (Wildman–Crippen LogP) is -1.94. The van der Waals surface area contributed by atoms with Gasteiger partial charge in [0.2, 0.25) is 5.72 Å². The fourth-order valence-corrected chi connectivity index (χ4v) is 1.59. The average Bonchev–Trinajstić information content (AvgIpc) is 2.38. The van der Waals surface area contributed by atoms with Gasteiger partial charge in [0, 0.05) is 6.28 Å². The molecule has 0 spiro atoms. The Kier molecular flexibility index (Phi) is 3.57. The molecule has 1 aliphatic heterocycles. The summed E-state index contributed by atoms with van der Waals surface area (Å²) in [6.07, 6.45) is -6.93. The summed E-state index contributed by atoms with van der Waals surface area (Å²) in [6.45, 7) is -1.63. The minimum Gasteiger partial charge on any atom is -0.394 e. The van der Waals surface area contributed by atoms with E-state index in [0.29, 0.717) is 0 Å². The monoisotopic (exact) mass is 248 g/mol. The first kappa shape index (κ1) is 12.2. The highest BCUT2D eigenvalue weighted by Crippen LogP contribution is 2.32. The molecule has 0 aromatic heterocycles. The Balaban J connectivity index is 3.23.